The molecule has 2 N–H and O–H groups in total. The minimum Gasteiger partial charge on any atom is -0.385 e. The van der Waals surface area contributed by atoms with Gasteiger partial charge in [0.25, 0.3) is 0 Å². The highest BCUT2D eigenvalue weighted by Gasteiger charge is 2.30. The van der Waals surface area contributed by atoms with Gasteiger partial charge in [0.2, 0.25) is 0 Å². The van der Waals surface area contributed by atoms with Gasteiger partial charge in [0.15, 0.2) is 0 Å². The Bertz CT molecular complexity index is 155. The van der Waals surface area contributed by atoms with Crippen LogP contribution in [0.5, 0.6) is 0 Å². The van der Waals surface area contributed by atoms with Gasteiger partial charge in [0.05, 0.1) is 6.10 Å². The SMILES string of the molecule is CCOC1CC(CC(N)CCCOC)C1. The molecule has 0 aromatic carbocycles. The fourth-order valence-corrected chi connectivity index (χ4v) is 2.27. The summed E-state index contributed by atoms with van der Waals surface area (Å²) < 4.78 is 10.5. The van der Waals surface area contributed by atoms with Gasteiger partial charge in [-0.15, -0.1) is 0 Å². The number of ether oxygens (including phenoxy) is 2. The van der Waals surface area contributed by atoms with Crippen molar-refractivity contribution in [1.82, 2.24) is 0 Å². The van der Waals surface area contributed by atoms with Crippen LogP contribution in [0, 0.1) is 5.92 Å². The molecule has 0 amide bonds. The van der Waals surface area contributed by atoms with Crippen LogP contribution in [0.25, 0.3) is 0 Å². The van der Waals surface area contributed by atoms with Crippen LogP contribution in [0.1, 0.15) is 39.0 Å². The van der Waals surface area contributed by atoms with E-state index in [1.54, 1.807) is 7.11 Å². The van der Waals surface area contributed by atoms with Gasteiger partial charge in [-0.2, -0.15) is 0 Å². The standard InChI is InChI=1S/C12H25NO2/c1-3-15-12-8-10(9-12)7-11(13)5-4-6-14-2/h10-12H,3-9,13H2,1-2H3. The van der Waals surface area contributed by atoms with E-state index < -0.39 is 0 Å². The highest BCUT2D eigenvalue weighted by molar-refractivity contribution is 4.83. The van der Waals surface area contributed by atoms with E-state index in [1.807, 2.05) is 0 Å². The Labute approximate surface area is 93.3 Å². The number of nitrogens with two attached hydrogens (primary N) is 1. The van der Waals surface area contributed by atoms with E-state index in [0.29, 0.717) is 12.1 Å². The number of hydrogen-bond acceptors (Lipinski definition) is 3. The summed E-state index contributed by atoms with van der Waals surface area (Å²) in [6.45, 7) is 3.74. The Kier molecular flexibility index (Phi) is 6.22. The summed E-state index contributed by atoms with van der Waals surface area (Å²) in [5.74, 6) is 0.805. The lowest BCUT2D eigenvalue weighted by atomic mass is 9.78. The molecule has 1 fully saturated rings. The second kappa shape index (κ2) is 7.20. The van der Waals surface area contributed by atoms with E-state index in [0.717, 1.165) is 38.4 Å². The Balaban J connectivity index is 1.96. The smallest absolute Gasteiger partial charge is 0.0580 e. The molecular weight excluding hydrogens is 190 g/mol. The van der Waals surface area contributed by atoms with Crippen molar-refractivity contribution in [3.05, 3.63) is 0 Å². The monoisotopic (exact) mass is 215 g/mol. The average molecular weight is 215 g/mol. The van der Waals surface area contributed by atoms with Crippen LogP contribution >= 0.6 is 0 Å². The maximum absolute atomic E-state index is 6.05. The molecule has 1 atom stereocenters. The molecule has 0 radical (unpaired) electrons. The van der Waals surface area contributed by atoms with Crippen LogP contribution in [0.3, 0.4) is 0 Å². The van der Waals surface area contributed by atoms with Gasteiger partial charge in [-0.05, 0) is 44.9 Å². The fourth-order valence-electron chi connectivity index (χ4n) is 2.27. The summed E-state index contributed by atoms with van der Waals surface area (Å²) in [6.07, 6.45) is 6.28. The first-order chi connectivity index (χ1) is 7.26. The third kappa shape index (κ3) is 4.96. The third-order valence-corrected chi connectivity index (χ3v) is 3.15. The molecule has 0 aromatic rings. The van der Waals surface area contributed by atoms with Crippen LogP contribution in [0.2, 0.25) is 0 Å². The predicted molar refractivity (Wildman–Crippen MR) is 61.8 cm³/mol. The van der Waals surface area contributed by atoms with Crippen molar-refractivity contribution in [3.63, 3.8) is 0 Å². The van der Waals surface area contributed by atoms with Gasteiger partial charge in [-0.25, -0.2) is 0 Å². The van der Waals surface area contributed by atoms with Crippen molar-refractivity contribution in [2.45, 2.75) is 51.2 Å². The maximum Gasteiger partial charge on any atom is 0.0580 e. The Morgan fingerprint density at radius 1 is 1.40 bits per heavy atom. The van der Waals surface area contributed by atoms with E-state index in [1.165, 1.54) is 12.8 Å². The van der Waals surface area contributed by atoms with Crippen LogP contribution in [-0.4, -0.2) is 32.5 Å². The van der Waals surface area contributed by atoms with E-state index in [4.69, 9.17) is 15.2 Å². The zero-order valence-electron chi connectivity index (χ0n) is 10.1. The summed E-state index contributed by atoms with van der Waals surface area (Å²) in [4.78, 5) is 0. The second-order valence-corrected chi connectivity index (χ2v) is 4.55. The summed E-state index contributed by atoms with van der Waals surface area (Å²) in [5.41, 5.74) is 6.05. The number of hydrogen-bond donors (Lipinski definition) is 1. The molecule has 1 aliphatic carbocycles. The number of rotatable bonds is 8. The van der Waals surface area contributed by atoms with E-state index in [-0.39, 0.29) is 0 Å². The van der Waals surface area contributed by atoms with Crippen LogP contribution in [0.4, 0.5) is 0 Å². The lowest BCUT2D eigenvalue weighted by Crippen LogP contribution is -2.35. The quantitative estimate of drug-likeness (QED) is 0.629. The van der Waals surface area contributed by atoms with Crippen LogP contribution in [-0.2, 0) is 9.47 Å². The van der Waals surface area contributed by atoms with Crippen LogP contribution < -0.4 is 5.73 Å². The normalized spacial score (nSPS) is 27.4. The first kappa shape index (κ1) is 12.9. The van der Waals surface area contributed by atoms with Gasteiger partial charge in [0, 0.05) is 26.4 Å². The summed E-state index contributed by atoms with van der Waals surface area (Å²) >= 11 is 0. The fraction of sp³-hybridized carbons (Fsp3) is 1.00. The van der Waals surface area contributed by atoms with Crippen molar-refractivity contribution in [2.24, 2.45) is 11.7 Å². The highest BCUT2D eigenvalue weighted by Crippen LogP contribution is 2.33. The Morgan fingerprint density at radius 2 is 2.13 bits per heavy atom. The Hall–Kier alpha value is -0.120. The molecule has 3 heteroatoms. The predicted octanol–water partition coefficient (Wildman–Crippen LogP) is 1.95. The molecule has 1 saturated carbocycles. The van der Waals surface area contributed by atoms with Gasteiger partial charge in [0.1, 0.15) is 0 Å². The summed E-state index contributed by atoms with van der Waals surface area (Å²) in [5, 5.41) is 0. The van der Waals surface area contributed by atoms with Crippen molar-refractivity contribution in [3.8, 4) is 0 Å². The van der Waals surface area contributed by atoms with Crippen molar-refractivity contribution < 1.29 is 9.47 Å². The van der Waals surface area contributed by atoms with Gasteiger partial charge >= 0.3 is 0 Å². The molecule has 0 bridgehead atoms. The first-order valence-corrected chi connectivity index (χ1v) is 6.12. The lowest BCUT2D eigenvalue weighted by molar-refractivity contribution is -0.0284. The average Bonchev–Trinajstić information content (AvgIpc) is 2.15. The summed E-state index contributed by atoms with van der Waals surface area (Å²) in [7, 11) is 1.74. The molecule has 0 aromatic heterocycles. The Morgan fingerprint density at radius 3 is 2.73 bits per heavy atom. The molecule has 15 heavy (non-hydrogen) atoms. The van der Waals surface area contributed by atoms with Crippen molar-refractivity contribution in [1.29, 1.82) is 0 Å². The second-order valence-electron chi connectivity index (χ2n) is 4.55. The largest absolute Gasteiger partial charge is 0.385 e. The minimum atomic E-state index is 0.354. The molecule has 0 spiro atoms. The lowest BCUT2D eigenvalue weighted by Gasteiger charge is -2.36. The number of methoxy groups -OCH3 is 1. The molecule has 90 valence electrons. The van der Waals surface area contributed by atoms with E-state index >= 15 is 0 Å². The van der Waals surface area contributed by atoms with Gasteiger partial charge < -0.3 is 15.2 Å². The molecule has 3 nitrogen and oxygen atoms in total. The van der Waals surface area contributed by atoms with Gasteiger partial charge in [-0.3, -0.25) is 0 Å². The van der Waals surface area contributed by atoms with Crippen LogP contribution in [0.15, 0.2) is 0 Å². The third-order valence-electron chi connectivity index (χ3n) is 3.15. The highest BCUT2D eigenvalue weighted by atomic mass is 16.5. The molecule has 1 unspecified atom stereocenters. The summed E-state index contributed by atoms with van der Waals surface area (Å²) in [6, 6.07) is 0.354. The zero-order chi connectivity index (χ0) is 11.1. The van der Waals surface area contributed by atoms with E-state index in [2.05, 4.69) is 6.92 Å². The molecule has 0 aliphatic heterocycles. The minimum absolute atomic E-state index is 0.354. The molecule has 0 saturated heterocycles. The van der Waals surface area contributed by atoms with Crippen molar-refractivity contribution >= 4 is 0 Å². The molecule has 1 rings (SSSR count). The van der Waals surface area contributed by atoms with Crippen molar-refractivity contribution in [2.75, 3.05) is 20.3 Å². The topological polar surface area (TPSA) is 44.5 Å². The van der Waals surface area contributed by atoms with E-state index in [9.17, 15) is 0 Å². The molecular formula is C12H25NO2. The first-order valence-electron chi connectivity index (χ1n) is 6.12. The maximum atomic E-state index is 6.05. The van der Waals surface area contributed by atoms with Gasteiger partial charge in [-0.1, -0.05) is 0 Å². The molecule has 1 aliphatic rings. The molecule has 0 heterocycles. The zero-order valence-corrected chi connectivity index (χ0v) is 10.1.